The van der Waals surface area contributed by atoms with Gasteiger partial charge in [-0.2, -0.15) is 0 Å². The summed E-state index contributed by atoms with van der Waals surface area (Å²) in [5.74, 6) is -0.810. The number of primary amides is 1. The number of rotatable bonds is 3. The topological polar surface area (TPSA) is 77.2 Å². The number of sulfone groups is 1. The van der Waals surface area contributed by atoms with Crippen LogP contribution in [-0.2, 0) is 15.6 Å². The zero-order valence-corrected chi connectivity index (χ0v) is 9.67. The van der Waals surface area contributed by atoms with Crippen molar-refractivity contribution < 1.29 is 13.2 Å². The van der Waals surface area contributed by atoms with Crippen molar-refractivity contribution in [3.63, 3.8) is 0 Å². The number of hydrogen-bond donors (Lipinski definition) is 1. The summed E-state index contributed by atoms with van der Waals surface area (Å²) in [6, 6.07) is 0. The van der Waals surface area contributed by atoms with E-state index in [1.165, 1.54) is 5.38 Å². The number of hydrogen-bond acceptors (Lipinski definition) is 4. The summed E-state index contributed by atoms with van der Waals surface area (Å²) in [6.45, 7) is 0. The monoisotopic (exact) mass is 253 g/mol. The summed E-state index contributed by atoms with van der Waals surface area (Å²) in [5.41, 5.74) is 5.45. The van der Waals surface area contributed by atoms with Crippen molar-refractivity contribution in [2.24, 2.45) is 5.73 Å². The maximum atomic E-state index is 11.0. The Balaban J connectivity index is 3.08. The molecular weight excluding hydrogens is 246 g/mol. The molecule has 0 unspecified atom stereocenters. The average Bonchev–Trinajstić information content (AvgIpc) is 2.29. The van der Waals surface area contributed by atoms with Crippen LogP contribution in [0.25, 0.3) is 0 Å². The highest BCUT2D eigenvalue weighted by atomic mass is 35.5. The van der Waals surface area contributed by atoms with E-state index in [0.29, 0.717) is 5.56 Å². The molecule has 0 spiro atoms. The summed E-state index contributed by atoms with van der Waals surface area (Å²) in [4.78, 5) is 11.0. The number of halogens is 1. The molecule has 1 aromatic rings. The van der Waals surface area contributed by atoms with Crippen molar-refractivity contribution in [2.45, 2.75) is 5.75 Å². The lowest BCUT2D eigenvalue weighted by molar-refractivity contribution is 0.100. The van der Waals surface area contributed by atoms with Gasteiger partial charge in [-0.15, -0.1) is 11.3 Å². The van der Waals surface area contributed by atoms with Gasteiger partial charge in [-0.3, -0.25) is 4.79 Å². The van der Waals surface area contributed by atoms with Crippen molar-refractivity contribution in [3.8, 4) is 0 Å². The van der Waals surface area contributed by atoms with Gasteiger partial charge in [0.05, 0.1) is 10.8 Å². The molecule has 0 aliphatic heterocycles. The van der Waals surface area contributed by atoms with Gasteiger partial charge in [-0.25, -0.2) is 8.42 Å². The van der Waals surface area contributed by atoms with Crippen LogP contribution in [0.5, 0.6) is 0 Å². The Kier molecular flexibility index (Phi) is 3.18. The Labute approximate surface area is 90.6 Å². The standard InChI is InChI=1S/C7H8ClNO3S2/c1-14(11,12)3-4-2-13-6(5(4)8)7(9)10/h2H,3H2,1H3,(H2,9,10). The lowest BCUT2D eigenvalue weighted by Crippen LogP contribution is -2.09. The number of thiophene rings is 1. The minimum absolute atomic E-state index is 0.146. The largest absolute Gasteiger partial charge is 0.365 e. The van der Waals surface area contributed by atoms with Crippen molar-refractivity contribution >= 4 is 38.7 Å². The minimum atomic E-state index is -3.14. The lowest BCUT2D eigenvalue weighted by atomic mass is 10.3. The summed E-state index contributed by atoms with van der Waals surface area (Å²) < 4.78 is 21.9. The molecule has 78 valence electrons. The van der Waals surface area contributed by atoms with Gasteiger partial charge in [-0.1, -0.05) is 11.6 Å². The molecule has 0 aromatic carbocycles. The molecule has 1 amide bonds. The quantitative estimate of drug-likeness (QED) is 0.875. The van der Waals surface area contributed by atoms with E-state index < -0.39 is 15.7 Å². The zero-order valence-electron chi connectivity index (χ0n) is 7.28. The first-order valence-corrected chi connectivity index (χ1v) is 6.86. The summed E-state index contributed by atoms with van der Waals surface area (Å²) in [6.07, 6.45) is 1.10. The van der Waals surface area contributed by atoms with Crippen LogP contribution in [0, 0.1) is 0 Å². The average molecular weight is 254 g/mol. The van der Waals surface area contributed by atoms with Crippen LogP contribution < -0.4 is 5.73 Å². The molecule has 0 bridgehead atoms. The molecule has 14 heavy (non-hydrogen) atoms. The number of nitrogens with two attached hydrogens (primary N) is 1. The van der Waals surface area contributed by atoms with Crippen LogP contribution in [0.15, 0.2) is 5.38 Å². The van der Waals surface area contributed by atoms with E-state index in [1.54, 1.807) is 0 Å². The lowest BCUT2D eigenvalue weighted by Gasteiger charge is -1.96. The number of carbonyl (C=O) groups excluding carboxylic acids is 1. The first kappa shape index (κ1) is 11.5. The van der Waals surface area contributed by atoms with Crippen LogP contribution in [0.3, 0.4) is 0 Å². The van der Waals surface area contributed by atoms with Crippen LogP contribution in [-0.4, -0.2) is 20.6 Å². The second-order valence-electron chi connectivity index (χ2n) is 2.84. The smallest absolute Gasteiger partial charge is 0.260 e. The Hall–Kier alpha value is -0.590. The highest BCUT2D eigenvalue weighted by molar-refractivity contribution is 7.89. The molecule has 0 aliphatic rings. The predicted molar refractivity (Wildman–Crippen MR) is 56.4 cm³/mol. The molecule has 1 heterocycles. The molecule has 7 heteroatoms. The molecule has 0 radical (unpaired) electrons. The van der Waals surface area contributed by atoms with Crippen molar-refractivity contribution in [2.75, 3.05) is 6.26 Å². The van der Waals surface area contributed by atoms with E-state index in [9.17, 15) is 13.2 Å². The zero-order chi connectivity index (χ0) is 10.9. The molecule has 1 rings (SSSR count). The van der Waals surface area contributed by atoms with Gasteiger partial charge in [-0.05, 0) is 10.9 Å². The Bertz CT molecular complexity index is 463. The summed E-state index contributed by atoms with van der Waals surface area (Å²) in [5, 5.41) is 1.68. The van der Waals surface area contributed by atoms with Gasteiger partial charge in [0, 0.05) is 6.26 Å². The molecule has 0 aliphatic carbocycles. The number of amides is 1. The van der Waals surface area contributed by atoms with Gasteiger partial charge < -0.3 is 5.73 Å². The van der Waals surface area contributed by atoms with Gasteiger partial charge in [0.15, 0.2) is 9.84 Å². The van der Waals surface area contributed by atoms with Crippen LogP contribution in [0.1, 0.15) is 15.2 Å². The third kappa shape index (κ3) is 2.70. The fraction of sp³-hybridized carbons (Fsp3) is 0.286. The van der Waals surface area contributed by atoms with E-state index in [1.807, 2.05) is 0 Å². The molecule has 4 nitrogen and oxygen atoms in total. The van der Waals surface area contributed by atoms with Crippen molar-refractivity contribution in [1.29, 1.82) is 0 Å². The third-order valence-electron chi connectivity index (χ3n) is 1.44. The van der Waals surface area contributed by atoms with Crippen LogP contribution in [0.2, 0.25) is 5.02 Å². The van der Waals surface area contributed by atoms with Gasteiger partial charge in [0.2, 0.25) is 0 Å². The SMILES string of the molecule is CS(=O)(=O)Cc1csc(C(N)=O)c1Cl. The van der Waals surface area contributed by atoms with Gasteiger partial charge in [0.1, 0.15) is 4.88 Å². The first-order valence-electron chi connectivity index (χ1n) is 3.54. The van der Waals surface area contributed by atoms with E-state index >= 15 is 0 Å². The molecule has 1 aromatic heterocycles. The molecule has 0 atom stereocenters. The van der Waals surface area contributed by atoms with Crippen molar-refractivity contribution in [3.05, 3.63) is 20.8 Å². The van der Waals surface area contributed by atoms with Crippen molar-refractivity contribution in [1.82, 2.24) is 0 Å². The summed E-state index contributed by atoms with van der Waals surface area (Å²) >= 11 is 6.82. The molecule has 0 saturated carbocycles. The third-order valence-corrected chi connectivity index (χ3v) is 3.86. The normalized spacial score (nSPS) is 11.6. The van der Waals surface area contributed by atoms with Gasteiger partial charge in [0.25, 0.3) is 5.91 Å². The highest BCUT2D eigenvalue weighted by Crippen LogP contribution is 2.28. The minimum Gasteiger partial charge on any atom is -0.365 e. The van der Waals surface area contributed by atoms with E-state index in [0.717, 1.165) is 17.6 Å². The fourth-order valence-corrected chi connectivity index (χ4v) is 3.13. The fourth-order valence-electron chi connectivity index (χ4n) is 0.925. The maximum absolute atomic E-state index is 11.0. The van der Waals surface area contributed by atoms with E-state index in [-0.39, 0.29) is 15.7 Å². The Morgan fingerprint density at radius 3 is 2.57 bits per heavy atom. The van der Waals surface area contributed by atoms with Crippen LogP contribution in [0.4, 0.5) is 0 Å². The highest BCUT2D eigenvalue weighted by Gasteiger charge is 2.16. The second-order valence-corrected chi connectivity index (χ2v) is 6.24. The molecular formula is C7H8ClNO3S2. The molecule has 0 saturated heterocycles. The second kappa shape index (κ2) is 3.88. The Morgan fingerprint density at radius 2 is 2.21 bits per heavy atom. The molecule has 0 fully saturated rings. The maximum Gasteiger partial charge on any atom is 0.260 e. The number of carbonyl (C=O) groups is 1. The van der Waals surface area contributed by atoms with E-state index in [2.05, 4.69) is 0 Å². The predicted octanol–water partition coefficient (Wildman–Crippen LogP) is 1.05. The molecule has 2 N–H and O–H groups in total. The van der Waals surface area contributed by atoms with Gasteiger partial charge >= 0.3 is 0 Å². The van der Waals surface area contributed by atoms with E-state index in [4.69, 9.17) is 17.3 Å². The summed E-state index contributed by atoms with van der Waals surface area (Å²) in [7, 11) is -3.14. The first-order chi connectivity index (χ1) is 6.31. The Morgan fingerprint density at radius 1 is 1.64 bits per heavy atom. The van der Waals surface area contributed by atoms with Crippen LogP contribution >= 0.6 is 22.9 Å².